The van der Waals surface area contributed by atoms with Crippen LogP contribution < -0.4 is 5.32 Å². The van der Waals surface area contributed by atoms with Crippen LogP contribution in [0.15, 0.2) is 12.3 Å². The van der Waals surface area contributed by atoms with Crippen LogP contribution in [0.5, 0.6) is 0 Å². The van der Waals surface area contributed by atoms with Crippen molar-refractivity contribution in [1.29, 1.82) is 0 Å². The molecule has 52 valence electrons. The van der Waals surface area contributed by atoms with Crippen LogP contribution >= 0.6 is 0 Å². The van der Waals surface area contributed by atoms with E-state index >= 15 is 0 Å². The minimum absolute atomic E-state index is 0.718. The molecule has 0 aromatic rings. The molecule has 0 aliphatic carbocycles. The van der Waals surface area contributed by atoms with Crippen LogP contribution in [0.2, 0.25) is 0 Å². The van der Waals surface area contributed by atoms with Gasteiger partial charge in [-0.2, -0.15) is 0 Å². The Hall–Kier alpha value is -0.460. The number of rotatable bonds is 2. The molecule has 0 aromatic carbocycles. The van der Waals surface area contributed by atoms with Crippen molar-refractivity contribution in [3.8, 4) is 0 Å². The number of hydrogen-bond donors (Lipinski definition) is 1. The van der Waals surface area contributed by atoms with Gasteiger partial charge in [0.05, 0.1) is 0 Å². The van der Waals surface area contributed by atoms with Crippen molar-refractivity contribution >= 4 is 0 Å². The van der Waals surface area contributed by atoms with Crippen LogP contribution in [0, 0.1) is 5.92 Å². The number of hydrogen-bond acceptors (Lipinski definition) is 1. The Morgan fingerprint density at radius 3 is 2.56 bits per heavy atom. The van der Waals surface area contributed by atoms with Gasteiger partial charge in [-0.15, -0.1) is 0 Å². The Kier molecular flexibility index (Phi) is 2.15. The molecule has 0 saturated heterocycles. The highest BCUT2D eigenvalue weighted by Crippen LogP contribution is 2.17. The van der Waals surface area contributed by atoms with E-state index in [-0.39, 0.29) is 0 Å². The van der Waals surface area contributed by atoms with E-state index in [0.29, 0.717) is 0 Å². The summed E-state index contributed by atoms with van der Waals surface area (Å²) in [5.41, 5.74) is 0. The van der Waals surface area contributed by atoms with Crippen LogP contribution in [-0.4, -0.2) is 6.04 Å². The Morgan fingerprint density at radius 2 is 2.11 bits per heavy atom. The first-order valence-corrected chi connectivity index (χ1v) is 3.81. The zero-order chi connectivity index (χ0) is 6.69. The Labute approximate surface area is 57.1 Å². The third-order valence-electron chi connectivity index (χ3n) is 2.08. The molecule has 0 radical (unpaired) electrons. The van der Waals surface area contributed by atoms with E-state index in [2.05, 4.69) is 31.4 Å². The summed E-state index contributed by atoms with van der Waals surface area (Å²) in [6, 6.07) is 0.718. The van der Waals surface area contributed by atoms with E-state index in [0.717, 1.165) is 12.0 Å². The topological polar surface area (TPSA) is 12.0 Å². The molecular weight excluding hydrogens is 110 g/mol. The lowest BCUT2D eigenvalue weighted by molar-refractivity contribution is 0.458. The predicted molar refractivity (Wildman–Crippen MR) is 40.1 cm³/mol. The van der Waals surface area contributed by atoms with Gasteiger partial charge >= 0.3 is 0 Å². The second-order valence-corrected chi connectivity index (χ2v) is 2.61. The summed E-state index contributed by atoms with van der Waals surface area (Å²) in [6.07, 6.45) is 6.87. The molecule has 0 amide bonds. The fourth-order valence-electron chi connectivity index (χ4n) is 1.40. The molecule has 9 heavy (non-hydrogen) atoms. The van der Waals surface area contributed by atoms with Gasteiger partial charge in [0.2, 0.25) is 0 Å². The lowest BCUT2D eigenvalue weighted by Gasteiger charge is -2.15. The standard InChI is InChI=1S/C8H15N/c1-3-7-5-6-9-8(7)4-2/h5-9H,3-4H2,1-2H3. The Morgan fingerprint density at radius 1 is 1.33 bits per heavy atom. The first kappa shape index (κ1) is 6.66. The lowest BCUT2D eigenvalue weighted by Crippen LogP contribution is -2.24. The molecule has 0 spiro atoms. The maximum Gasteiger partial charge on any atom is 0.0316 e. The van der Waals surface area contributed by atoms with E-state index in [4.69, 9.17) is 0 Å². The molecule has 0 bridgehead atoms. The first-order valence-electron chi connectivity index (χ1n) is 3.81. The highest BCUT2D eigenvalue weighted by atomic mass is 14.9. The summed E-state index contributed by atoms with van der Waals surface area (Å²) in [5.74, 6) is 0.787. The molecule has 2 atom stereocenters. The Bertz CT molecular complexity index is 107. The molecule has 0 aromatic heterocycles. The van der Waals surface area contributed by atoms with Crippen molar-refractivity contribution < 1.29 is 0 Å². The van der Waals surface area contributed by atoms with Crippen LogP contribution in [0.3, 0.4) is 0 Å². The molecule has 2 unspecified atom stereocenters. The van der Waals surface area contributed by atoms with Gasteiger partial charge < -0.3 is 5.32 Å². The van der Waals surface area contributed by atoms with E-state index in [1.807, 2.05) is 0 Å². The van der Waals surface area contributed by atoms with Crippen LogP contribution in [0.1, 0.15) is 26.7 Å². The fraction of sp³-hybridized carbons (Fsp3) is 0.750. The van der Waals surface area contributed by atoms with Crippen molar-refractivity contribution in [2.45, 2.75) is 32.7 Å². The van der Waals surface area contributed by atoms with Gasteiger partial charge in [0, 0.05) is 6.04 Å². The summed E-state index contributed by atoms with van der Waals surface area (Å²) in [4.78, 5) is 0. The average molecular weight is 125 g/mol. The average Bonchev–Trinajstić information content (AvgIpc) is 2.33. The highest BCUT2D eigenvalue weighted by molar-refractivity contribution is 5.01. The molecule has 0 fully saturated rings. The molecule has 1 N–H and O–H groups in total. The summed E-state index contributed by atoms with van der Waals surface area (Å²) in [7, 11) is 0. The van der Waals surface area contributed by atoms with E-state index in [9.17, 15) is 0 Å². The quantitative estimate of drug-likeness (QED) is 0.594. The van der Waals surface area contributed by atoms with Gasteiger partial charge in [0.25, 0.3) is 0 Å². The minimum Gasteiger partial charge on any atom is -0.388 e. The summed E-state index contributed by atoms with van der Waals surface area (Å²) in [6.45, 7) is 4.47. The summed E-state index contributed by atoms with van der Waals surface area (Å²) < 4.78 is 0. The van der Waals surface area contributed by atoms with Gasteiger partial charge in [-0.25, -0.2) is 0 Å². The zero-order valence-corrected chi connectivity index (χ0v) is 6.22. The molecule has 1 aliphatic rings. The van der Waals surface area contributed by atoms with Gasteiger partial charge in [-0.05, 0) is 25.0 Å². The monoisotopic (exact) mass is 125 g/mol. The van der Waals surface area contributed by atoms with Crippen molar-refractivity contribution in [3.63, 3.8) is 0 Å². The summed E-state index contributed by atoms with van der Waals surface area (Å²) in [5, 5.41) is 3.33. The lowest BCUT2D eigenvalue weighted by atomic mass is 9.98. The maximum atomic E-state index is 3.33. The highest BCUT2D eigenvalue weighted by Gasteiger charge is 2.17. The minimum atomic E-state index is 0.718. The van der Waals surface area contributed by atoms with Crippen molar-refractivity contribution in [1.82, 2.24) is 5.32 Å². The first-order chi connectivity index (χ1) is 4.38. The smallest absolute Gasteiger partial charge is 0.0316 e. The van der Waals surface area contributed by atoms with Crippen LogP contribution in [0.4, 0.5) is 0 Å². The van der Waals surface area contributed by atoms with Crippen molar-refractivity contribution in [2.24, 2.45) is 5.92 Å². The van der Waals surface area contributed by atoms with Crippen LogP contribution in [0.25, 0.3) is 0 Å². The second kappa shape index (κ2) is 2.90. The summed E-state index contributed by atoms with van der Waals surface area (Å²) >= 11 is 0. The molecular formula is C8H15N. The SMILES string of the molecule is CCC1C=CNC1CC. The molecule has 1 nitrogen and oxygen atoms in total. The molecule has 0 saturated carbocycles. The molecule has 1 aliphatic heterocycles. The van der Waals surface area contributed by atoms with E-state index in [1.165, 1.54) is 12.8 Å². The van der Waals surface area contributed by atoms with Crippen molar-refractivity contribution in [2.75, 3.05) is 0 Å². The second-order valence-electron chi connectivity index (χ2n) is 2.61. The maximum absolute atomic E-state index is 3.33. The predicted octanol–water partition coefficient (Wildman–Crippen LogP) is 1.91. The van der Waals surface area contributed by atoms with E-state index < -0.39 is 0 Å². The van der Waals surface area contributed by atoms with Gasteiger partial charge in [0.1, 0.15) is 0 Å². The third kappa shape index (κ3) is 1.26. The molecule has 1 heteroatoms. The number of nitrogens with one attached hydrogen (secondary N) is 1. The third-order valence-corrected chi connectivity index (χ3v) is 2.08. The van der Waals surface area contributed by atoms with Crippen molar-refractivity contribution in [3.05, 3.63) is 12.3 Å². The largest absolute Gasteiger partial charge is 0.388 e. The van der Waals surface area contributed by atoms with E-state index in [1.54, 1.807) is 0 Å². The van der Waals surface area contributed by atoms with Gasteiger partial charge in [-0.1, -0.05) is 19.9 Å². The van der Waals surface area contributed by atoms with Gasteiger partial charge in [-0.3, -0.25) is 0 Å². The zero-order valence-electron chi connectivity index (χ0n) is 6.22. The Balaban J connectivity index is 2.39. The van der Waals surface area contributed by atoms with Crippen LogP contribution in [-0.2, 0) is 0 Å². The molecule has 1 heterocycles. The molecule has 1 rings (SSSR count). The fourth-order valence-corrected chi connectivity index (χ4v) is 1.40. The van der Waals surface area contributed by atoms with Gasteiger partial charge in [0.15, 0.2) is 0 Å². The normalized spacial score (nSPS) is 32.7.